The molecule has 4 nitrogen and oxygen atoms in total. The Labute approximate surface area is 116 Å². The van der Waals surface area contributed by atoms with Gasteiger partial charge in [-0.3, -0.25) is 4.52 Å². The monoisotopic (exact) mass is 311 g/mol. The van der Waals surface area contributed by atoms with Gasteiger partial charge in [0.2, 0.25) is 0 Å². The maximum absolute atomic E-state index is 12.6. The van der Waals surface area contributed by atoms with E-state index in [2.05, 4.69) is 4.52 Å². The molecule has 1 atom stereocenters. The molecule has 0 N–H and O–H groups in total. The van der Waals surface area contributed by atoms with Gasteiger partial charge in [-0.05, 0) is 12.1 Å². The first kappa shape index (κ1) is 17.0. The number of halogens is 3. The molecular formula is C12H17F3NO3P. The predicted octanol–water partition coefficient (Wildman–Crippen LogP) is 4.09. The van der Waals surface area contributed by atoms with Gasteiger partial charge in [0.15, 0.2) is 6.61 Å². The highest BCUT2D eigenvalue weighted by Crippen LogP contribution is 2.52. The van der Waals surface area contributed by atoms with E-state index in [9.17, 15) is 17.7 Å². The molecule has 1 aromatic carbocycles. The van der Waals surface area contributed by atoms with Crippen molar-refractivity contribution in [3.63, 3.8) is 0 Å². The minimum absolute atomic E-state index is 0.199. The molecule has 0 aliphatic carbocycles. The molecule has 1 aromatic rings. The van der Waals surface area contributed by atoms with Gasteiger partial charge in [-0.1, -0.05) is 32.0 Å². The van der Waals surface area contributed by atoms with Gasteiger partial charge in [0, 0.05) is 13.1 Å². The summed E-state index contributed by atoms with van der Waals surface area (Å²) in [7, 11) is -4.03. The van der Waals surface area contributed by atoms with Crippen LogP contribution in [0.4, 0.5) is 13.2 Å². The molecule has 0 radical (unpaired) electrons. The van der Waals surface area contributed by atoms with Crippen LogP contribution in [0.2, 0.25) is 0 Å². The third-order valence-corrected chi connectivity index (χ3v) is 4.59. The molecule has 20 heavy (non-hydrogen) atoms. The Morgan fingerprint density at radius 1 is 1.15 bits per heavy atom. The lowest BCUT2D eigenvalue weighted by Gasteiger charge is -2.28. The molecule has 0 saturated heterocycles. The number of benzene rings is 1. The fourth-order valence-corrected chi connectivity index (χ4v) is 3.23. The maximum Gasteiger partial charge on any atom is 0.461 e. The first-order chi connectivity index (χ1) is 9.30. The Kier molecular flexibility index (Phi) is 6.05. The van der Waals surface area contributed by atoms with Crippen LogP contribution >= 0.6 is 7.75 Å². The van der Waals surface area contributed by atoms with Crippen LogP contribution in [0, 0.1) is 0 Å². The number of rotatable bonds is 7. The van der Waals surface area contributed by atoms with E-state index in [4.69, 9.17) is 4.52 Å². The second kappa shape index (κ2) is 7.11. The summed E-state index contributed by atoms with van der Waals surface area (Å²) < 4.78 is 60.4. The predicted molar refractivity (Wildman–Crippen MR) is 69.6 cm³/mol. The summed E-state index contributed by atoms with van der Waals surface area (Å²) >= 11 is 0. The van der Waals surface area contributed by atoms with Crippen molar-refractivity contribution in [2.24, 2.45) is 0 Å². The molecule has 0 bridgehead atoms. The lowest BCUT2D eigenvalue weighted by molar-refractivity contribution is -0.155. The summed E-state index contributed by atoms with van der Waals surface area (Å²) in [5.74, 6) is 0.199. The normalized spacial score (nSPS) is 15.1. The number of alkyl halides is 3. The second-order valence-electron chi connectivity index (χ2n) is 3.90. The standard InChI is InChI=1S/C12H17F3NO3P/c1-3-16(4-2)20(17,18-10-12(13,14)15)19-11-8-6-5-7-9-11/h5-9H,3-4,10H2,1-2H3/t20-/m1/s1. The number of para-hydroxylation sites is 1. The fourth-order valence-electron chi connectivity index (χ4n) is 1.51. The summed E-state index contributed by atoms with van der Waals surface area (Å²) in [6.07, 6.45) is -4.57. The molecule has 0 amide bonds. The molecule has 8 heteroatoms. The first-order valence-corrected chi connectivity index (χ1v) is 7.61. The van der Waals surface area contributed by atoms with Crippen LogP contribution in [0.1, 0.15) is 13.8 Å². The molecule has 114 valence electrons. The van der Waals surface area contributed by atoms with Gasteiger partial charge in [0.05, 0.1) is 0 Å². The number of hydrogen-bond acceptors (Lipinski definition) is 3. The van der Waals surface area contributed by atoms with Gasteiger partial charge < -0.3 is 4.52 Å². The quantitative estimate of drug-likeness (QED) is 0.711. The molecule has 0 saturated carbocycles. The third kappa shape index (κ3) is 5.15. The third-order valence-electron chi connectivity index (χ3n) is 2.43. The van der Waals surface area contributed by atoms with Crippen LogP contribution in [0.3, 0.4) is 0 Å². The van der Waals surface area contributed by atoms with Crippen LogP contribution in [-0.4, -0.2) is 30.5 Å². The van der Waals surface area contributed by atoms with Crippen molar-refractivity contribution in [3.8, 4) is 5.75 Å². The van der Waals surface area contributed by atoms with Crippen LogP contribution in [-0.2, 0) is 9.09 Å². The highest BCUT2D eigenvalue weighted by atomic mass is 31.2. The van der Waals surface area contributed by atoms with Crippen molar-refractivity contribution >= 4 is 7.75 Å². The van der Waals surface area contributed by atoms with E-state index in [1.165, 1.54) is 16.8 Å². The maximum atomic E-state index is 12.6. The Morgan fingerprint density at radius 2 is 1.70 bits per heavy atom. The summed E-state index contributed by atoms with van der Waals surface area (Å²) in [6.45, 7) is 2.22. The molecule has 0 aliphatic rings. The largest absolute Gasteiger partial charge is 0.461 e. The molecule has 0 aromatic heterocycles. The van der Waals surface area contributed by atoms with Gasteiger partial charge in [0.25, 0.3) is 0 Å². The molecule has 0 spiro atoms. The lowest BCUT2D eigenvalue weighted by atomic mass is 10.3. The Morgan fingerprint density at radius 3 is 2.15 bits per heavy atom. The van der Waals surface area contributed by atoms with E-state index in [0.29, 0.717) is 0 Å². The Balaban J connectivity index is 2.92. The fraction of sp³-hybridized carbons (Fsp3) is 0.500. The van der Waals surface area contributed by atoms with Gasteiger partial charge >= 0.3 is 13.9 Å². The molecule has 0 unspecified atom stereocenters. The zero-order valence-electron chi connectivity index (χ0n) is 11.3. The topological polar surface area (TPSA) is 38.8 Å². The van der Waals surface area contributed by atoms with Crippen molar-refractivity contribution in [2.75, 3.05) is 19.7 Å². The van der Waals surface area contributed by atoms with E-state index in [1.807, 2.05) is 0 Å². The number of hydrogen-bond donors (Lipinski definition) is 0. The van der Waals surface area contributed by atoms with E-state index >= 15 is 0 Å². The van der Waals surface area contributed by atoms with Crippen molar-refractivity contribution in [1.82, 2.24) is 4.67 Å². The van der Waals surface area contributed by atoms with Gasteiger partial charge in [-0.2, -0.15) is 17.8 Å². The highest BCUT2D eigenvalue weighted by molar-refractivity contribution is 7.51. The van der Waals surface area contributed by atoms with Crippen molar-refractivity contribution in [3.05, 3.63) is 30.3 Å². The van der Waals surface area contributed by atoms with Crippen LogP contribution < -0.4 is 4.52 Å². The SMILES string of the molecule is CCN(CC)[P@@](=O)(OCC(F)(F)F)Oc1ccccc1. The molecule has 1 rings (SSSR count). The van der Waals surface area contributed by atoms with Crippen LogP contribution in [0.15, 0.2) is 30.3 Å². The van der Waals surface area contributed by atoms with Gasteiger partial charge in [-0.25, -0.2) is 4.57 Å². The van der Waals surface area contributed by atoms with Crippen molar-refractivity contribution < 1.29 is 26.8 Å². The molecular weight excluding hydrogens is 294 g/mol. The molecule has 0 aliphatic heterocycles. The first-order valence-electron chi connectivity index (χ1n) is 6.12. The summed E-state index contributed by atoms with van der Waals surface area (Å²) in [5.41, 5.74) is 0. The summed E-state index contributed by atoms with van der Waals surface area (Å²) in [5, 5.41) is 0. The minimum Gasteiger partial charge on any atom is -0.413 e. The minimum atomic E-state index is -4.57. The van der Waals surface area contributed by atoms with Crippen LogP contribution in [0.5, 0.6) is 5.75 Å². The average molecular weight is 311 g/mol. The molecule has 0 heterocycles. The van der Waals surface area contributed by atoms with E-state index in [-0.39, 0.29) is 18.8 Å². The molecule has 0 fully saturated rings. The second-order valence-corrected chi connectivity index (χ2v) is 5.84. The zero-order valence-corrected chi connectivity index (χ0v) is 12.2. The van der Waals surface area contributed by atoms with E-state index in [0.717, 1.165) is 0 Å². The van der Waals surface area contributed by atoms with Crippen molar-refractivity contribution in [2.45, 2.75) is 20.0 Å². The van der Waals surface area contributed by atoms with E-state index < -0.39 is 20.5 Å². The summed E-state index contributed by atoms with van der Waals surface area (Å²) in [4.78, 5) is 0. The summed E-state index contributed by atoms with van der Waals surface area (Å²) in [6, 6.07) is 7.99. The van der Waals surface area contributed by atoms with Crippen LogP contribution in [0.25, 0.3) is 0 Å². The van der Waals surface area contributed by atoms with Gasteiger partial charge in [0.1, 0.15) is 5.75 Å². The number of nitrogens with zero attached hydrogens (tertiary/aromatic N) is 1. The Bertz CT molecular complexity index is 449. The Hall–Kier alpha value is -1.04. The lowest BCUT2D eigenvalue weighted by Crippen LogP contribution is -2.27. The van der Waals surface area contributed by atoms with E-state index in [1.54, 1.807) is 32.0 Å². The highest BCUT2D eigenvalue weighted by Gasteiger charge is 2.39. The van der Waals surface area contributed by atoms with Gasteiger partial charge in [-0.15, -0.1) is 0 Å². The zero-order chi connectivity index (χ0) is 15.2. The average Bonchev–Trinajstić information content (AvgIpc) is 2.38. The van der Waals surface area contributed by atoms with Crippen molar-refractivity contribution in [1.29, 1.82) is 0 Å². The smallest absolute Gasteiger partial charge is 0.413 e.